The van der Waals surface area contributed by atoms with Crippen LogP contribution in [-0.2, 0) is 11.2 Å². The minimum Gasteiger partial charge on any atom is -0.494 e. The predicted octanol–water partition coefficient (Wildman–Crippen LogP) is 1.62. The Morgan fingerprint density at radius 2 is 2.11 bits per heavy atom. The summed E-state index contributed by atoms with van der Waals surface area (Å²) in [4.78, 5) is 11.9. The summed E-state index contributed by atoms with van der Waals surface area (Å²) >= 11 is 0. The fourth-order valence-electron chi connectivity index (χ4n) is 2.48. The normalized spacial score (nSPS) is 22.2. The monoisotopic (exact) mass is 262 g/mol. The summed E-state index contributed by atoms with van der Waals surface area (Å²) < 4.78 is 5.37. The van der Waals surface area contributed by atoms with Gasteiger partial charge in [0.05, 0.1) is 13.0 Å². The van der Waals surface area contributed by atoms with E-state index < -0.39 is 0 Å². The van der Waals surface area contributed by atoms with Gasteiger partial charge in [-0.1, -0.05) is 12.1 Å². The molecule has 1 saturated carbocycles. The van der Waals surface area contributed by atoms with Crippen molar-refractivity contribution in [2.45, 2.75) is 44.7 Å². The van der Waals surface area contributed by atoms with Crippen molar-refractivity contribution >= 4 is 5.91 Å². The zero-order chi connectivity index (χ0) is 13.7. The highest BCUT2D eigenvalue weighted by Gasteiger charge is 2.22. The zero-order valence-electron chi connectivity index (χ0n) is 11.4. The molecule has 0 bridgehead atoms. The van der Waals surface area contributed by atoms with E-state index in [0.717, 1.165) is 30.6 Å². The Labute approximate surface area is 114 Å². The lowest BCUT2D eigenvalue weighted by atomic mass is 10.1. The molecular formula is C15H22N2O2. The number of ether oxygens (including phenoxy) is 1. The molecule has 1 aliphatic rings. The Morgan fingerprint density at radius 3 is 2.68 bits per heavy atom. The SMILES string of the molecule is CCOc1ccc(CC(=O)NC2CCC(N)C2)cc1. The third-order valence-electron chi connectivity index (χ3n) is 3.44. The maximum atomic E-state index is 11.9. The standard InChI is InChI=1S/C15H22N2O2/c1-2-19-14-7-3-11(4-8-14)9-15(18)17-13-6-5-12(16)10-13/h3-4,7-8,12-13H,2,5-6,9-10,16H2,1H3,(H,17,18). The van der Waals surface area contributed by atoms with Crippen LogP contribution in [0.5, 0.6) is 5.75 Å². The summed E-state index contributed by atoms with van der Waals surface area (Å²) in [7, 11) is 0. The van der Waals surface area contributed by atoms with Crippen molar-refractivity contribution < 1.29 is 9.53 Å². The van der Waals surface area contributed by atoms with Crippen LogP contribution in [0.15, 0.2) is 24.3 Å². The molecule has 2 atom stereocenters. The van der Waals surface area contributed by atoms with Crippen molar-refractivity contribution in [2.24, 2.45) is 5.73 Å². The fourth-order valence-corrected chi connectivity index (χ4v) is 2.48. The number of amides is 1. The molecule has 19 heavy (non-hydrogen) atoms. The smallest absolute Gasteiger partial charge is 0.224 e. The molecule has 0 aliphatic heterocycles. The lowest BCUT2D eigenvalue weighted by molar-refractivity contribution is -0.121. The second kappa shape index (κ2) is 6.57. The molecule has 0 saturated heterocycles. The van der Waals surface area contributed by atoms with Gasteiger partial charge in [0.15, 0.2) is 0 Å². The summed E-state index contributed by atoms with van der Waals surface area (Å²) in [5.41, 5.74) is 6.84. The molecule has 4 nitrogen and oxygen atoms in total. The van der Waals surface area contributed by atoms with Crippen molar-refractivity contribution in [1.29, 1.82) is 0 Å². The van der Waals surface area contributed by atoms with E-state index in [2.05, 4.69) is 5.32 Å². The van der Waals surface area contributed by atoms with E-state index >= 15 is 0 Å². The molecule has 0 aromatic heterocycles. The number of nitrogens with two attached hydrogens (primary N) is 1. The van der Waals surface area contributed by atoms with E-state index in [0.29, 0.717) is 13.0 Å². The number of carbonyl (C=O) groups excluding carboxylic acids is 1. The molecule has 2 rings (SSSR count). The van der Waals surface area contributed by atoms with Crippen molar-refractivity contribution in [3.8, 4) is 5.75 Å². The van der Waals surface area contributed by atoms with Gasteiger partial charge in [-0.15, -0.1) is 0 Å². The first-order chi connectivity index (χ1) is 9.17. The molecule has 1 aromatic rings. The molecule has 1 fully saturated rings. The highest BCUT2D eigenvalue weighted by molar-refractivity contribution is 5.78. The van der Waals surface area contributed by atoms with Gasteiger partial charge < -0.3 is 15.8 Å². The Morgan fingerprint density at radius 1 is 1.37 bits per heavy atom. The summed E-state index contributed by atoms with van der Waals surface area (Å²) in [5.74, 6) is 0.914. The van der Waals surface area contributed by atoms with E-state index in [9.17, 15) is 4.79 Å². The lowest BCUT2D eigenvalue weighted by Gasteiger charge is -2.12. The van der Waals surface area contributed by atoms with Gasteiger partial charge in [-0.25, -0.2) is 0 Å². The first-order valence-corrected chi connectivity index (χ1v) is 6.94. The third-order valence-corrected chi connectivity index (χ3v) is 3.44. The molecule has 2 unspecified atom stereocenters. The van der Waals surface area contributed by atoms with Gasteiger partial charge in [-0.05, 0) is 43.9 Å². The van der Waals surface area contributed by atoms with Crippen LogP contribution in [-0.4, -0.2) is 24.6 Å². The molecule has 0 heterocycles. The summed E-state index contributed by atoms with van der Waals surface area (Å²) in [6, 6.07) is 8.17. The maximum Gasteiger partial charge on any atom is 0.224 e. The fraction of sp³-hybridized carbons (Fsp3) is 0.533. The minimum atomic E-state index is 0.0725. The van der Waals surface area contributed by atoms with E-state index in [-0.39, 0.29) is 18.0 Å². The molecule has 0 spiro atoms. The van der Waals surface area contributed by atoms with E-state index in [4.69, 9.17) is 10.5 Å². The average Bonchev–Trinajstić information content (AvgIpc) is 2.77. The minimum absolute atomic E-state index is 0.0725. The zero-order valence-corrected chi connectivity index (χ0v) is 11.4. The van der Waals surface area contributed by atoms with Crippen LogP contribution in [0.1, 0.15) is 31.7 Å². The van der Waals surface area contributed by atoms with Gasteiger partial charge in [0.2, 0.25) is 5.91 Å². The summed E-state index contributed by atoms with van der Waals surface area (Å²) in [6.45, 7) is 2.61. The average molecular weight is 262 g/mol. The molecule has 1 aliphatic carbocycles. The van der Waals surface area contributed by atoms with Crippen LogP contribution in [0.3, 0.4) is 0 Å². The Balaban J connectivity index is 1.81. The van der Waals surface area contributed by atoms with E-state index in [1.165, 1.54) is 0 Å². The first kappa shape index (κ1) is 13.9. The molecular weight excluding hydrogens is 240 g/mol. The second-order valence-corrected chi connectivity index (χ2v) is 5.09. The number of nitrogens with one attached hydrogen (secondary N) is 1. The number of carbonyl (C=O) groups is 1. The van der Waals surface area contributed by atoms with Gasteiger partial charge in [0, 0.05) is 12.1 Å². The lowest BCUT2D eigenvalue weighted by Crippen LogP contribution is -2.35. The predicted molar refractivity (Wildman–Crippen MR) is 75.1 cm³/mol. The molecule has 4 heteroatoms. The number of benzene rings is 1. The van der Waals surface area contributed by atoms with Gasteiger partial charge in [-0.3, -0.25) is 4.79 Å². The van der Waals surface area contributed by atoms with Crippen molar-refractivity contribution in [2.75, 3.05) is 6.61 Å². The Kier molecular flexibility index (Phi) is 4.80. The van der Waals surface area contributed by atoms with E-state index in [1.807, 2.05) is 31.2 Å². The van der Waals surface area contributed by atoms with Gasteiger partial charge >= 0.3 is 0 Å². The maximum absolute atomic E-state index is 11.9. The molecule has 104 valence electrons. The quantitative estimate of drug-likeness (QED) is 0.847. The highest BCUT2D eigenvalue weighted by Crippen LogP contribution is 2.17. The Bertz CT molecular complexity index is 417. The van der Waals surface area contributed by atoms with Gasteiger partial charge in [0.1, 0.15) is 5.75 Å². The van der Waals surface area contributed by atoms with Gasteiger partial charge in [-0.2, -0.15) is 0 Å². The largest absolute Gasteiger partial charge is 0.494 e. The molecule has 1 amide bonds. The summed E-state index contributed by atoms with van der Waals surface area (Å²) in [6.07, 6.45) is 3.32. The van der Waals surface area contributed by atoms with Crippen molar-refractivity contribution in [1.82, 2.24) is 5.32 Å². The highest BCUT2D eigenvalue weighted by atomic mass is 16.5. The summed E-state index contributed by atoms with van der Waals surface area (Å²) in [5, 5.41) is 3.05. The van der Waals surface area contributed by atoms with Crippen LogP contribution < -0.4 is 15.8 Å². The molecule has 1 aromatic carbocycles. The van der Waals surface area contributed by atoms with Gasteiger partial charge in [0.25, 0.3) is 0 Å². The van der Waals surface area contributed by atoms with Crippen LogP contribution in [0, 0.1) is 0 Å². The van der Waals surface area contributed by atoms with Crippen LogP contribution in [0.25, 0.3) is 0 Å². The second-order valence-electron chi connectivity index (χ2n) is 5.09. The molecule has 3 N–H and O–H groups in total. The Hall–Kier alpha value is -1.55. The number of hydrogen-bond donors (Lipinski definition) is 2. The number of rotatable bonds is 5. The van der Waals surface area contributed by atoms with Crippen LogP contribution >= 0.6 is 0 Å². The van der Waals surface area contributed by atoms with E-state index in [1.54, 1.807) is 0 Å². The van der Waals surface area contributed by atoms with Crippen molar-refractivity contribution in [3.05, 3.63) is 29.8 Å². The number of hydrogen-bond acceptors (Lipinski definition) is 3. The molecule has 0 radical (unpaired) electrons. The third kappa shape index (κ3) is 4.24. The van der Waals surface area contributed by atoms with Crippen molar-refractivity contribution in [3.63, 3.8) is 0 Å². The van der Waals surface area contributed by atoms with Crippen LogP contribution in [0.2, 0.25) is 0 Å². The topological polar surface area (TPSA) is 64.3 Å². The van der Waals surface area contributed by atoms with Crippen LogP contribution in [0.4, 0.5) is 0 Å². The first-order valence-electron chi connectivity index (χ1n) is 6.94.